The molecule has 0 radical (unpaired) electrons. The Hall–Kier alpha value is -1.95. The van der Waals surface area contributed by atoms with Crippen LogP contribution >= 0.6 is 0 Å². The van der Waals surface area contributed by atoms with Crippen LogP contribution in [0.25, 0.3) is 0 Å². The molecule has 23 heavy (non-hydrogen) atoms. The second kappa shape index (κ2) is 6.28. The molecule has 0 saturated carbocycles. The molecule has 0 aliphatic rings. The van der Waals surface area contributed by atoms with Crippen LogP contribution in [0.4, 0.5) is 13.2 Å². The minimum Gasteiger partial charge on any atom is -0.507 e. The van der Waals surface area contributed by atoms with E-state index in [1.807, 2.05) is 0 Å². The zero-order valence-electron chi connectivity index (χ0n) is 13.5. The minimum atomic E-state index is -4.91. The molecule has 128 valence electrons. The Balaban J connectivity index is 3.90. The van der Waals surface area contributed by atoms with E-state index in [1.54, 1.807) is 32.9 Å². The van der Waals surface area contributed by atoms with Crippen molar-refractivity contribution in [3.8, 4) is 11.5 Å². The molecule has 0 fully saturated rings. The van der Waals surface area contributed by atoms with Crippen molar-refractivity contribution >= 4 is 0 Å². The van der Waals surface area contributed by atoms with Gasteiger partial charge < -0.3 is 15.3 Å². The first-order chi connectivity index (χ1) is 10.4. The quantitative estimate of drug-likeness (QED) is 0.569. The molecular weight excluding hydrogens is 309 g/mol. The first kappa shape index (κ1) is 19.1. The van der Waals surface area contributed by atoms with Gasteiger partial charge in [0.2, 0.25) is 0 Å². The van der Waals surface area contributed by atoms with Crippen LogP contribution in [0.3, 0.4) is 0 Å². The molecule has 0 aliphatic carbocycles. The van der Waals surface area contributed by atoms with E-state index in [0.717, 1.165) is 0 Å². The summed E-state index contributed by atoms with van der Waals surface area (Å²) in [5.74, 6) is -1.64. The summed E-state index contributed by atoms with van der Waals surface area (Å²) in [5, 5.41) is 29.5. The number of rotatable bonds is 4. The van der Waals surface area contributed by atoms with Gasteiger partial charge in [-0.1, -0.05) is 38.2 Å². The van der Waals surface area contributed by atoms with Gasteiger partial charge >= 0.3 is 6.18 Å². The largest absolute Gasteiger partial charge is 0.507 e. The molecule has 0 aliphatic heterocycles. The summed E-state index contributed by atoms with van der Waals surface area (Å²) in [6.07, 6.45) is -1.71. The molecule has 0 spiro atoms. The maximum Gasteiger partial charge on any atom is 0.420 e. The van der Waals surface area contributed by atoms with Gasteiger partial charge in [0.05, 0.1) is 6.61 Å². The smallest absolute Gasteiger partial charge is 0.420 e. The van der Waals surface area contributed by atoms with E-state index in [1.165, 1.54) is 6.92 Å². The third kappa shape index (κ3) is 3.52. The fourth-order valence-corrected chi connectivity index (χ4v) is 2.86. The highest BCUT2D eigenvalue weighted by Gasteiger charge is 2.42. The summed E-state index contributed by atoms with van der Waals surface area (Å²) in [6.45, 7) is 8.95. The van der Waals surface area contributed by atoms with Crippen LogP contribution in [-0.4, -0.2) is 15.3 Å². The molecular formula is C17H21F3O3. The molecule has 6 heteroatoms. The van der Waals surface area contributed by atoms with Gasteiger partial charge in [-0.15, -0.1) is 0 Å². The van der Waals surface area contributed by atoms with Gasteiger partial charge in [-0.2, -0.15) is 13.2 Å². The molecule has 1 aromatic carbocycles. The van der Waals surface area contributed by atoms with E-state index in [0.29, 0.717) is 5.57 Å². The van der Waals surface area contributed by atoms with Crippen molar-refractivity contribution in [2.24, 2.45) is 0 Å². The van der Waals surface area contributed by atoms with Crippen molar-refractivity contribution in [3.63, 3.8) is 0 Å². The van der Waals surface area contributed by atoms with Gasteiger partial charge in [0.15, 0.2) is 0 Å². The molecule has 0 saturated heterocycles. The Morgan fingerprint density at radius 1 is 1.13 bits per heavy atom. The van der Waals surface area contributed by atoms with Crippen molar-refractivity contribution in [2.45, 2.75) is 45.9 Å². The van der Waals surface area contributed by atoms with Crippen molar-refractivity contribution < 1.29 is 28.5 Å². The van der Waals surface area contributed by atoms with E-state index in [2.05, 4.69) is 6.58 Å². The summed E-state index contributed by atoms with van der Waals surface area (Å²) in [5.41, 5.74) is -2.35. The van der Waals surface area contributed by atoms with Gasteiger partial charge in [0, 0.05) is 16.5 Å². The highest BCUT2D eigenvalue weighted by atomic mass is 19.4. The van der Waals surface area contributed by atoms with E-state index in [-0.39, 0.29) is 11.1 Å². The van der Waals surface area contributed by atoms with Crippen LogP contribution in [0.2, 0.25) is 0 Å². The SMILES string of the molecule is C=C/C(C)=C/C(C)(C)c1c(C)c(O)c(CO)c(C(F)(F)F)c1O. The fraction of sp³-hybridized carbons (Fsp3) is 0.412. The topological polar surface area (TPSA) is 60.7 Å². The summed E-state index contributed by atoms with van der Waals surface area (Å²) in [4.78, 5) is 0. The molecule has 1 rings (SSSR count). The summed E-state index contributed by atoms with van der Waals surface area (Å²) >= 11 is 0. The molecule has 0 bridgehead atoms. The van der Waals surface area contributed by atoms with Crippen molar-refractivity contribution in [1.29, 1.82) is 0 Å². The zero-order chi connectivity index (χ0) is 18.2. The molecule has 0 unspecified atom stereocenters. The van der Waals surface area contributed by atoms with Crippen LogP contribution in [0.1, 0.15) is 43.0 Å². The zero-order valence-corrected chi connectivity index (χ0v) is 13.5. The molecule has 0 atom stereocenters. The monoisotopic (exact) mass is 330 g/mol. The van der Waals surface area contributed by atoms with Gasteiger partial charge in [-0.3, -0.25) is 0 Å². The molecule has 0 heterocycles. The first-order valence-electron chi connectivity index (χ1n) is 6.96. The maximum atomic E-state index is 13.3. The number of phenols is 2. The Bertz CT molecular complexity index is 656. The summed E-state index contributed by atoms with van der Waals surface area (Å²) in [7, 11) is 0. The molecule has 1 aromatic rings. The normalized spacial score (nSPS) is 13.3. The lowest BCUT2D eigenvalue weighted by atomic mass is 9.77. The van der Waals surface area contributed by atoms with Crippen LogP contribution in [0.5, 0.6) is 11.5 Å². The van der Waals surface area contributed by atoms with Gasteiger partial charge in [-0.25, -0.2) is 0 Å². The third-order valence-electron chi connectivity index (χ3n) is 3.79. The highest BCUT2D eigenvalue weighted by Crippen LogP contribution is 2.49. The number of hydrogen-bond donors (Lipinski definition) is 3. The number of aliphatic hydroxyl groups excluding tert-OH is 1. The van der Waals surface area contributed by atoms with Gasteiger partial charge in [0.25, 0.3) is 0 Å². The predicted octanol–water partition coefficient (Wildman–Crippen LogP) is 4.33. The van der Waals surface area contributed by atoms with Crippen molar-refractivity contribution in [1.82, 2.24) is 0 Å². The Morgan fingerprint density at radius 2 is 1.65 bits per heavy atom. The van der Waals surface area contributed by atoms with E-state index in [4.69, 9.17) is 0 Å². The fourth-order valence-electron chi connectivity index (χ4n) is 2.86. The van der Waals surface area contributed by atoms with Crippen molar-refractivity contribution in [2.75, 3.05) is 0 Å². The summed E-state index contributed by atoms with van der Waals surface area (Å²) in [6, 6.07) is 0. The van der Waals surface area contributed by atoms with E-state index < -0.39 is 40.8 Å². The highest BCUT2D eigenvalue weighted by molar-refractivity contribution is 5.62. The maximum absolute atomic E-state index is 13.3. The van der Waals surface area contributed by atoms with Crippen LogP contribution < -0.4 is 0 Å². The molecule has 3 nitrogen and oxygen atoms in total. The molecule has 0 aromatic heterocycles. The van der Waals surface area contributed by atoms with Crippen LogP contribution in [0, 0.1) is 6.92 Å². The minimum absolute atomic E-state index is 0.0410. The number of aromatic hydroxyl groups is 2. The second-order valence-electron chi connectivity index (χ2n) is 6.02. The number of phenolic OH excluding ortho intramolecular Hbond substituents is 1. The average Bonchev–Trinajstić information content (AvgIpc) is 2.40. The lowest BCUT2D eigenvalue weighted by Crippen LogP contribution is -2.20. The van der Waals surface area contributed by atoms with E-state index in [9.17, 15) is 28.5 Å². The second-order valence-corrected chi connectivity index (χ2v) is 6.02. The lowest BCUT2D eigenvalue weighted by Gasteiger charge is -2.29. The van der Waals surface area contributed by atoms with Crippen molar-refractivity contribution in [3.05, 3.63) is 46.6 Å². The molecule has 3 N–H and O–H groups in total. The number of benzene rings is 1. The Morgan fingerprint density at radius 3 is 2.04 bits per heavy atom. The average molecular weight is 330 g/mol. The van der Waals surface area contributed by atoms with Crippen LogP contribution in [-0.2, 0) is 18.2 Å². The number of alkyl halides is 3. The van der Waals surface area contributed by atoms with Gasteiger partial charge in [-0.05, 0) is 19.4 Å². The first-order valence-corrected chi connectivity index (χ1v) is 6.96. The van der Waals surface area contributed by atoms with Crippen LogP contribution in [0.15, 0.2) is 24.3 Å². The molecule has 0 amide bonds. The predicted molar refractivity (Wildman–Crippen MR) is 82.4 cm³/mol. The van der Waals surface area contributed by atoms with E-state index >= 15 is 0 Å². The third-order valence-corrected chi connectivity index (χ3v) is 3.79. The number of hydrogen-bond acceptors (Lipinski definition) is 3. The van der Waals surface area contributed by atoms with Gasteiger partial charge in [0.1, 0.15) is 17.1 Å². The lowest BCUT2D eigenvalue weighted by molar-refractivity contribution is -0.140. The standard InChI is InChI=1S/C17H21F3O3/c1-6-9(2)7-16(4,5)12-10(3)14(22)11(8-21)13(15(12)23)17(18,19)20/h6-7,21-23H,1,8H2,2-5H3/b9-7+. The summed E-state index contributed by atoms with van der Waals surface area (Å²) < 4.78 is 39.9. The number of allylic oxidation sites excluding steroid dienone is 3. The Kier molecular flexibility index (Phi) is 5.21. The number of aliphatic hydroxyl groups is 1. The Labute approximate surface area is 133 Å². The number of halogens is 3.